The van der Waals surface area contributed by atoms with E-state index in [-0.39, 0.29) is 0 Å². The zero-order valence-corrected chi connectivity index (χ0v) is 10.5. The highest BCUT2D eigenvalue weighted by atomic mass is 15.3. The van der Waals surface area contributed by atoms with Gasteiger partial charge in [0, 0.05) is 32.2 Å². The number of nitrogens with zero attached hydrogens (tertiary/aromatic N) is 2. The molecule has 0 bridgehead atoms. The summed E-state index contributed by atoms with van der Waals surface area (Å²) in [6.45, 7) is 12.2. The number of nitrogens with one attached hydrogen (secondary N) is 1. The standard InChI is InChI=1S/C9H21N3.C2H6/c1-4-12(6-5-10-2)9-7-11(3)8-9;1-2/h9-10H,4-8H2,1-3H3;1-2H3. The summed E-state index contributed by atoms with van der Waals surface area (Å²) < 4.78 is 0. The molecule has 0 atom stereocenters. The van der Waals surface area contributed by atoms with Crippen molar-refractivity contribution in [2.24, 2.45) is 0 Å². The first-order valence-electron chi connectivity index (χ1n) is 5.85. The van der Waals surface area contributed by atoms with E-state index in [9.17, 15) is 0 Å². The fourth-order valence-electron chi connectivity index (χ4n) is 1.75. The van der Waals surface area contributed by atoms with Crippen molar-refractivity contribution in [3.63, 3.8) is 0 Å². The summed E-state index contributed by atoms with van der Waals surface area (Å²) in [4.78, 5) is 4.92. The van der Waals surface area contributed by atoms with Gasteiger partial charge in [0.15, 0.2) is 0 Å². The van der Waals surface area contributed by atoms with E-state index in [0.717, 1.165) is 12.6 Å². The lowest BCUT2D eigenvalue weighted by molar-refractivity contribution is 0.0570. The Morgan fingerprint density at radius 1 is 1.36 bits per heavy atom. The average Bonchev–Trinajstić information content (AvgIpc) is 2.19. The summed E-state index contributed by atoms with van der Waals surface area (Å²) in [5.41, 5.74) is 0. The highest BCUT2D eigenvalue weighted by molar-refractivity contribution is 4.85. The van der Waals surface area contributed by atoms with E-state index in [0.29, 0.717) is 0 Å². The summed E-state index contributed by atoms with van der Waals surface area (Å²) >= 11 is 0. The van der Waals surface area contributed by atoms with Crippen LogP contribution in [-0.4, -0.2) is 62.7 Å². The van der Waals surface area contributed by atoms with Crippen molar-refractivity contribution >= 4 is 0 Å². The van der Waals surface area contributed by atoms with Gasteiger partial charge >= 0.3 is 0 Å². The molecule has 0 aromatic carbocycles. The Bertz CT molecular complexity index is 122. The molecule has 1 saturated heterocycles. The molecule has 0 saturated carbocycles. The zero-order valence-electron chi connectivity index (χ0n) is 10.5. The van der Waals surface area contributed by atoms with Crippen molar-refractivity contribution in [3.8, 4) is 0 Å². The first-order valence-corrected chi connectivity index (χ1v) is 5.85. The topological polar surface area (TPSA) is 18.5 Å². The molecule has 0 aromatic heterocycles. The molecular formula is C11H27N3. The van der Waals surface area contributed by atoms with E-state index < -0.39 is 0 Å². The van der Waals surface area contributed by atoms with Crippen LogP contribution in [0.3, 0.4) is 0 Å². The monoisotopic (exact) mass is 201 g/mol. The van der Waals surface area contributed by atoms with E-state index in [1.165, 1.54) is 26.2 Å². The predicted molar refractivity (Wildman–Crippen MR) is 63.8 cm³/mol. The van der Waals surface area contributed by atoms with Crippen LogP contribution in [0.2, 0.25) is 0 Å². The van der Waals surface area contributed by atoms with Gasteiger partial charge in [-0.1, -0.05) is 20.8 Å². The largest absolute Gasteiger partial charge is 0.318 e. The molecule has 3 nitrogen and oxygen atoms in total. The van der Waals surface area contributed by atoms with Crippen molar-refractivity contribution in [1.29, 1.82) is 0 Å². The van der Waals surface area contributed by atoms with E-state index in [1.54, 1.807) is 0 Å². The third kappa shape index (κ3) is 4.40. The maximum absolute atomic E-state index is 3.19. The molecule has 86 valence electrons. The Morgan fingerprint density at radius 2 is 1.93 bits per heavy atom. The Kier molecular flexibility index (Phi) is 8.14. The van der Waals surface area contributed by atoms with E-state index in [2.05, 4.69) is 29.1 Å². The van der Waals surface area contributed by atoms with Gasteiger partial charge in [-0.05, 0) is 20.6 Å². The Balaban J connectivity index is 0.000000791. The van der Waals surface area contributed by atoms with Gasteiger partial charge in [0.1, 0.15) is 0 Å². The highest BCUT2D eigenvalue weighted by Crippen LogP contribution is 2.11. The average molecular weight is 201 g/mol. The highest BCUT2D eigenvalue weighted by Gasteiger charge is 2.27. The minimum atomic E-state index is 0.813. The molecule has 1 aliphatic rings. The van der Waals surface area contributed by atoms with Crippen LogP contribution in [0.1, 0.15) is 20.8 Å². The normalized spacial score (nSPS) is 17.6. The smallest absolute Gasteiger partial charge is 0.0350 e. The maximum atomic E-state index is 3.19. The van der Waals surface area contributed by atoms with Gasteiger partial charge in [0.2, 0.25) is 0 Å². The quantitative estimate of drug-likeness (QED) is 0.712. The molecule has 1 aliphatic heterocycles. The van der Waals surface area contributed by atoms with Gasteiger partial charge < -0.3 is 10.2 Å². The van der Waals surface area contributed by atoms with Crippen molar-refractivity contribution in [1.82, 2.24) is 15.1 Å². The van der Waals surface area contributed by atoms with Crippen molar-refractivity contribution in [2.75, 3.05) is 46.8 Å². The lowest BCUT2D eigenvalue weighted by Crippen LogP contribution is -2.58. The Labute approximate surface area is 89.5 Å². The molecule has 0 aromatic rings. The minimum Gasteiger partial charge on any atom is -0.318 e. The number of hydrogen-bond donors (Lipinski definition) is 1. The summed E-state index contributed by atoms with van der Waals surface area (Å²) in [7, 11) is 4.20. The van der Waals surface area contributed by atoms with Crippen LogP contribution < -0.4 is 5.32 Å². The molecule has 14 heavy (non-hydrogen) atoms. The second-order valence-corrected chi connectivity index (χ2v) is 3.61. The van der Waals surface area contributed by atoms with Crippen LogP contribution in [-0.2, 0) is 0 Å². The van der Waals surface area contributed by atoms with Gasteiger partial charge in [0.25, 0.3) is 0 Å². The number of rotatable bonds is 5. The fraction of sp³-hybridized carbons (Fsp3) is 1.00. The van der Waals surface area contributed by atoms with Gasteiger partial charge in [-0.3, -0.25) is 4.90 Å². The molecule has 0 aliphatic carbocycles. The summed E-state index contributed by atoms with van der Waals surface area (Å²) in [6, 6.07) is 0.813. The zero-order chi connectivity index (χ0) is 11.0. The number of likely N-dealkylation sites (N-methyl/N-ethyl adjacent to an activating group) is 3. The van der Waals surface area contributed by atoms with Crippen molar-refractivity contribution < 1.29 is 0 Å². The third-order valence-corrected chi connectivity index (χ3v) is 2.62. The summed E-state index contributed by atoms with van der Waals surface area (Å²) in [5.74, 6) is 0. The van der Waals surface area contributed by atoms with Crippen LogP contribution >= 0.6 is 0 Å². The number of hydrogen-bond acceptors (Lipinski definition) is 3. The molecule has 0 amide bonds. The minimum absolute atomic E-state index is 0.813. The van der Waals surface area contributed by atoms with Crippen LogP contribution in [0.4, 0.5) is 0 Å². The molecule has 1 heterocycles. The molecule has 1 N–H and O–H groups in total. The van der Waals surface area contributed by atoms with Gasteiger partial charge in [-0.25, -0.2) is 0 Å². The first kappa shape index (κ1) is 13.9. The molecule has 0 unspecified atom stereocenters. The van der Waals surface area contributed by atoms with Gasteiger partial charge in [-0.2, -0.15) is 0 Å². The van der Waals surface area contributed by atoms with E-state index >= 15 is 0 Å². The van der Waals surface area contributed by atoms with Gasteiger partial charge in [-0.15, -0.1) is 0 Å². The van der Waals surface area contributed by atoms with E-state index in [4.69, 9.17) is 0 Å². The molecule has 0 spiro atoms. The van der Waals surface area contributed by atoms with Crippen LogP contribution in [0.15, 0.2) is 0 Å². The second-order valence-electron chi connectivity index (χ2n) is 3.61. The molecular weight excluding hydrogens is 174 g/mol. The van der Waals surface area contributed by atoms with Crippen molar-refractivity contribution in [3.05, 3.63) is 0 Å². The maximum Gasteiger partial charge on any atom is 0.0350 e. The fourth-order valence-corrected chi connectivity index (χ4v) is 1.75. The van der Waals surface area contributed by atoms with Crippen molar-refractivity contribution in [2.45, 2.75) is 26.8 Å². The van der Waals surface area contributed by atoms with Crippen LogP contribution in [0, 0.1) is 0 Å². The first-order chi connectivity index (χ1) is 6.77. The predicted octanol–water partition coefficient (Wildman–Crippen LogP) is 0.868. The molecule has 1 fully saturated rings. The summed E-state index contributed by atoms with van der Waals surface area (Å²) in [6.07, 6.45) is 0. The molecule has 0 radical (unpaired) electrons. The third-order valence-electron chi connectivity index (χ3n) is 2.62. The Morgan fingerprint density at radius 3 is 2.29 bits per heavy atom. The second kappa shape index (κ2) is 8.21. The number of likely N-dealkylation sites (tertiary alicyclic amines) is 1. The lowest BCUT2D eigenvalue weighted by atomic mass is 10.1. The Hall–Kier alpha value is -0.120. The van der Waals surface area contributed by atoms with E-state index in [1.807, 2.05) is 20.9 Å². The lowest BCUT2D eigenvalue weighted by Gasteiger charge is -2.43. The molecule has 3 heteroatoms. The van der Waals surface area contributed by atoms with Crippen LogP contribution in [0.25, 0.3) is 0 Å². The summed E-state index contributed by atoms with van der Waals surface area (Å²) in [5, 5.41) is 3.19. The van der Waals surface area contributed by atoms with Gasteiger partial charge in [0.05, 0.1) is 0 Å². The van der Waals surface area contributed by atoms with Crippen LogP contribution in [0.5, 0.6) is 0 Å². The SMILES string of the molecule is CC.CCN(CCNC)C1CN(C)C1. The molecule has 1 rings (SSSR count).